The Morgan fingerprint density at radius 3 is 2.69 bits per heavy atom. The summed E-state index contributed by atoms with van der Waals surface area (Å²) in [6.07, 6.45) is 0.595. The number of benzene rings is 2. The molecule has 4 rings (SSSR count). The Morgan fingerprint density at radius 1 is 1.15 bits per heavy atom. The number of aliphatic hydroxyl groups is 1. The van der Waals surface area contributed by atoms with E-state index in [1.54, 1.807) is 6.07 Å². The topological polar surface area (TPSA) is 35.9 Å². The van der Waals surface area contributed by atoms with Gasteiger partial charge >= 0.3 is 0 Å². The predicted octanol–water partition coefficient (Wildman–Crippen LogP) is 3.00. The molecular formula is C21H25FN2O2. The van der Waals surface area contributed by atoms with Gasteiger partial charge in [0.1, 0.15) is 17.7 Å². The van der Waals surface area contributed by atoms with Crippen molar-refractivity contribution in [1.29, 1.82) is 0 Å². The third kappa shape index (κ3) is 3.55. The van der Waals surface area contributed by atoms with Crippen molar-refractivity contribution >= 4 is 5.69 Å². The zero-order valence-corrected chi connectivity index (χ0v) is 15.1. The van der Waals surface area contributed by atoms with E-state index >= 15 is 0 Å². The zero-order chi connectivity index (χ0) is 18.1. The fourth-order valence-electron chi connectivity index (χ4n) is 3.88. The van der Waals surface area contributed by atoms with Crippen LogP contribution in [0.5, 0.6) is 5.75 Å². The van der Waals surface area contributed by atoms with Gasteiger partial charge in [0.05, 0.1) is 11.8 Å². The van der Waals surface area contributed by atoms with E-state index in [0.29, 0.717) is 12.2 Å². The Morgan fingerprint density at radius 2 is 1.92 bits per heavy atom. The average molecular weight is 356 g/mol. The Kier molecular flexibility index (Phi) is 4.83. The van der Waals surface area contributed by atoms with Crippen LogP contribution in [0, 0.1) is 5.82 Å². The second-order valence-electron chi connectivity index (χ2n) is 7.25. The minimum atomic E-state index is -0.517. The van der Waals surface area contributed by atoms with E-state index < -0.39 is 6.10 Å². The Labute approximate surface area is 153 Å². The number of para-hydroxylation sites is 1. The van der Waals surface area contributed by atoms with E-state index in [1.165, 1.54) is 11.6 Å². The average Bonchev–Trinajstić information content (AvgIpc) is 3.02. The Balaban J connectivity index is 1.34. The summed E-state index contributed by atoms with van der Waals surface area (Å²) in [6.45, 7) is 5.82. The van der Waals surface area contributed by atoms with Crippen molar-refractivity contribution in [3.63, 3.8) is 0 Å². The molecule has 0 aromatic heterocycles. The van der Waals surface area contributed by atoms with Gasteiger partial charge in [-0.1, -0.05) is 18.2 Å². The highest BCUT2D eigenvalue weighted by molar-refractivity contribution is 5.48. The van der Waals surface area contributed by atoms with Gasteiger partial charge in [0, 0.05) is 39.1 Å². The van der Waals surface area contributed by atoms with Gasteiger partial charge < -0.3 is 14.7 Å². The molecule has 2 heterocycles. The first-order chi connectivity index (χ1) is 12.6. The summed E-state index contributed by atoms with van der Waals surface area (Å²) in [4.78, 5) is 4.32. The molecule has 2 aliphatic rings. The standard InChI is InChI=1S/C21H25FN2O2/c1-15-12-17-13-16(6-7-21(17)26-15)20(25)14-23-8-10-24(11-9-23)19-5-3-2-4-18(19)22/h2-7,13,15,20,25H,8-12,14H2,1H3/t15-,20+/m0/s1. The van der Waals surface area contributed by atoms with Gasteiger partial charge in [0.2, 0.25) is 0 Å². The summed E-state index contributed by atoms with van der Waals surface area (Å²) in [5.41, 5.74) is 2.79. The minimum Gasteiger partial charge on any atom is -0.490 e. The summed E-state index contributed by atoms with van der Waals surface area (Å²) in [6, 6.07) is 12.9. The second-order valence-corrected chi connectivity index (χ2v) is 7.25. The maximum Gasteiger partial charge on any atom is 0.146 e. The molecule has 0 radical (unpaired) electrons. The van der Waals surface area contributed by atoms with Crippen LogP contribution < -0.4 is 9.64 Å². The summed E-state index contributed by atoms with van der Waals surface area (Å²) >= 11 is 0. The normalized spacial score (nSPS) is 21.3. The number of piperazine rings is 1. The smallest absolute Gasteiger partial charge is 0.146 e. The van der Waals surface area contributed by atoms with Crippen LogP contribution in [-0.2, 0) is 6.42 Å². The molecule has 1 N–H and O–H groups in total. The van der Waals surface area contributed by atoms with Crippen LogP contribution >= 0.6 is 0 Å². The number of hydrogen-bond donors (Lipinski definition) is 1. The molecule has 2 aliphatic heterocycles. The molecule has 0 bridgehead atoms. The maximum atomic E-state index is 13.9. The van der Waals surface area contributed by atoms with Crippen LogP contribution in [-0.4, -0.2) is 48.8 Å². The van der Waals surface area contributed by atoms with Gasteiger partial charge in [-0.25, -0.2) is 4.39 Å². The summed E-state index contributed by atoms with van der Waals surface area (Å²) < 4.78 is 19.7. The van der Waals surface area contributed by atoms with Crippen molar-refractivity contribution in [1.82, 2.24) is 4.90 Å². The number of anilines is 1. The molecule has 0 spiro atoms. The van der Waals surface area contributed by atoms with Crippen LogP contribution in [0.1, 0.15) is 24.2 Å². The lowest BCUT2D eigenvalue weighted by atomic mass is 10.0. The molecular weight excluding hydrogens is 331 g/mol. The molecule has 2 atom stereocenters. The number of ether oxygens (including phenoxy) is 1. The number of nitrogens with zero attached hydrogens (tertiary/aromatic N) is 2. The number of halogens is 1. The molecule has 5 heteroatoms. The minimum absolute atomic E-state index is 0.171. The van der Waals surface area contributed by atoms with Crippen molar-refractivity contribution in [2.75, 3.05) is 37.6 Å². The molecule has 0 aliphatic carbocycles. The lowest BCUT2D eigenvalue weighted by molar-refractivity contribution is 0.109. The lowest BCUT2D eigenvalue weighted by Gasteiger charge is -2.37. The second kappa shape index (κ2) is 7.25. The Bertz CT molecular complexity index is 774. The van der Waals surface area contributed by atoms with E-state index in [4.69, 9.17) is 4.74 Å². The summed E-state index contributed by atoms with van der Waals surface area (Å²) in [7, 11) is 0. The molecule has 0 amide bonds. The molecule has 2 aromatic carbocycles. The van der Waals surface area contributed by atoms with Crippen molar-refractivity contribution in [2.45, 2.75) is 25.6 Å². The SMILES string of the molecule is C[C@H]1Cc2cc([C@H](O)CN3CCN(c4ccccc4F)CC3)ccc2O1. The van der Waals surface area contributed by atoms with Gasteiger partial charge in [0.15, 0.2) is 0 Å². The van der Waals surface area contributed by atoms with Crippen LogP contribution in [0.2, 0.25) is 0 Å². The van der Waals surface area contributed by atoms with E-state index in [2.05, 4.69) is 22.8 Å². The zero-order valence-electron chi connectivity index (χ0n) is 15.1. The number of aliphatic hydroxyl groups excluding tert-OH is 1. The third-order valence-corrected chi connectivity index (χ3v) is 5.30. The largest absolute Gasteiger partial charge is 0.490 e. The molecule has 4 nitrogen and oxygen atoms in total. The van der Waals surface area contributed by atoms with Crippen LogP contribution in [0.15, 0.2) is 42.5 Å². The first-order valence-electron chi connectivity index (χ1n) is 9.29. The van der Waals surface area contributed by atoms with Gasteiger partial charge in [-0.3, -0.25) is 4.90 Å². The highest BCUT2D eigenvalue weighted by Gasteiger charge is 2.24. The monoisotopic (exact) mass is 356 g/mol. The van der Waals surface area contributed by atoms with Crippen molar-refractivity contribution in [2.24, 2.45) is 0 Å². The molecule has 26 heavy (non-hydrogen) atoms. The van der Waals surface area contributed by atoms with E-state index in [9.17, 15) is 9.50 Å². The van der Waals surface area contributed by atoms with Gasteiger partial charge in [0.25, 0.3) is 0 Å². The number of fused-ring (bicyclic) bond motifs is 1. The van der Waals surface area contributed by atoms with Gasteiger partial charge in [-0.15, -0.1) is 0 Å². The molecule has 2 aromatic rings. The third-order valence-electron chi connectivity index (χ3n) is 5.30. The maximum absolute atomic E-state index is 13.9. The predicted molar refractivity (Wildman–Crippen MR) is 100 cm³/mol. The Hall–Kier alpha value is -2.11. The molecule has 0 unspecified atom stereocenters. The highest BCUT2D eigenvalue weighted by atomic mass is 19.1. The summed E-state index contributed by atoms with van der Waals surface area (Å²) in [5.74, 6) is 0.766. The van der Waals surface area contributed by atoms with E-state index in [0.717, 1.165) is 43.9 Å². The fraction of sp³-hybridized carbons (Fsp3) is 0.429. The molecule has 1 fully saturated rings. The number of rotatable bonds is 4. The molecule has 0 saturated carbocycles. The van der Waals surface area contributed by atoms with Crippen molar-refractivity contribution < 1.29 is 14.2 Å². The molecule has 138 valence electrons. The highest BCUT2D eigenvalue weighted by Crippen LogP contribution is 2.31. The van der Waals surface area contributed by atoms with Crippen LogP contribution in [0.25, 0.3) is 0 Å². The summed E-state index contributed by atoms with van der Waals surface area (Å²) in [5, 5.41) is 10.6. The van der Waals surface area contributed by atoms with E-state index in [1.807, 2.05) is 24.3 Å². The number of hydrogen-bond acceptors (Lipinski definition) is 4. The van der Waals surface area contributed by atoms with Crippen molar-refractivity contribution in [3.05, 3.63) is 59.4 Å². The molecule has 1 saturated heterocycles. The lowest BCUT2D eigenvalue weighted by Crippen LogP contribution is -2.47. The van der Waals surface area contributed by atoms with Crippen LogP contribution in [0.3, 0.4) is 0 Å². The van der Waals surface area contributed by atoms with Crippen LogP contribution in [0.4, 0.5) is 10.1 Å². The van der Waals surface area contributed by atoms with Gasteiger partial charge in [-0.2, -0.15) is 0 Å². The van der Waals surface area contributed by atoms with Gasteiger partial charge in [-0.05, 0) is 42.3 Å². The fourth-order valence-corrected chi connectivity index (χ4v) is 3.88. The first-order valence-corrected chi connectivity index (χ1v) is 9.29. The van der Waals surface area contributed by atoms with E-state index in [-0.39, 0.29) is 11.9 Å². The quantitative estimate of drug-likeness (QED) is 0.914. The van der Waals surface area contributed by atoms with Crippen molar-refractivity contribution in [3.8, 4) is 5.75 Å². The number of β-amino-alcohol motifs (C(OH)–C–C–N with tert-alkyl or cyclic N) is 1. The first kappa shape index (κ1) is 17.3.